The Kier molecular flexibility index (Phi) is 7.02. The topological polar surface area (TPSA) is 70.7 Å². The smallest absolute Gasteiger partial charge is 0.258 e. The first kappa shape index (κ1) is 19.3. The van der Waals surface area contributed by atoms with E-state index in [9.17, 15) is 9.59 Å². The lowest BCUT2D eigenvalue weighted by molar-refractivity contribution is -0.123. The first-order valence-electron chi connectivity index (χ1n) is 8.47. The molecule has 2 N–H and O–H groups in total. The third-order valence-electron chi connectivity index (χ3n) is 3.77. The van der Waals surface area contributed by atoms with Crippen LogP contribution in [0.4, 0.5) is 5.69 Å². The van der Waals surface area contributed by atoms with Crippen molar-refractivity contribution < 1.29 is 14.3 Å². The highest BCUT2D eigenvalue weighted by Crippen LogP contribution is 2.12. The van der Waals surface area contributed by atoms with Crippen LogP contribution in [0.15, 0.2) is 48.5 Å². The van der Waals surface area contributed by atoms with Crippen LogP contribution in [0.2, 0.25) is 0 Å². The number of ether oxygens (including phenoxy) is 1. The van der Waals surface area contributed by atoms with Crippen molar-refractivity contribution in [1.29, 1.82) is 0 Å². The number of anilines is 1. The molecule has 0 aliphatic heterocycles. The predicted octanol–water partition coefficient (Wildman–Crippen LogP) is 1.99. The van der Waals surface area contributed by atoms with Gasteiger partial charge in [0.2, 0.25) is 0 Å². The zero-order valence-electron chi connectivity index (χ0n) is 15.4. The lowest BCUT2D eigenvalue weighted by Gasteiger charge is -2.12. The zero-order chi connectivity index (χ0) is 18.9. The van der Waals surface area contributed by atoms with Gasteiger partial charge in [-0.25, -0.2) is 0 Å². The summed E-state index contributed by atoms with van der Waals surface area (Å²) in [5, 5.41) is 5.48. The number of carbonyl (C=O) groups is 2. The number of rotatable bonds is 8. The van der Waals surface area contributed by atoms with Gasteiger partial charge in [-0.15, -0.1) is 0 Å². The number of aryl methyl sites for hydroxylation is 1. The Morgan fingerprint density at radius 3 is 2.15 bits per heavy atom. The van der Waals surface area contributed by atoms with Gasteiger partial charge in [0.1, 0.15) is 5.75 Å². The van der Waals surface area contributed by atoms with Crippen LogP contribution in [0.3, 0.4) is 0 Å². The Balaban J connectivity index is 1.65. The van der Waals surface area contributed by atoms with Crippen molar-refractivity contribution in [3.05, 3.63) is 59.7 Å². The SMILES string of the molecule is Cc1ccc(OCC(=O)NCCNC(=O)c2ccc(N(C)C)cc2)cc1. The molecule has 0 saturated heterocycles. The maximum atomic E-state index is 12.0. The Morgan fingerprint density at radius 2 is 1.54 bits per heavy atom. The molecule has 6 nitrogen and oxygen atoms in total. The minimum Gasteiger partial charge on any atom is -0.484 e. The standard InChI is InChI=1S/C20H25N3O3/c1-15-4-10-18(11-5-15)26-14-19(24)21-12-13-22-20(25)16-6-8-17(9-7-16)23(2)3/h4-11H,12-14H2,1-3H3,(H,21,24)(H,22,25). The fourth-order valence-corrected chi connectivity index (χ4v) is 2.23. The first-order valence-corrected chi connectivity index (χ1v) is 8.47. The summed E-state index contributed by atoms with van der Waals surface area (Å²) in [6.07, 6.45) is 0. The van der Waals surface area contributed by atoms with Gasteiger partial charge < -0.3 is 20.3 Å². The molecule has 0 spiro atoms. The average molecular weight is 355 g/mol. The molecule has 2 aromatic carbocycles. The third-order valence-corrected chi connectivity index (χ3v) is 3.77. The summed E-state index contributed by atoms with van der Waals surface area (Å²) in [6.45, 7) is 2.63. The van der Waals surface area contributed by atoms with Crippen molar-refractivity contribution in [3.8, 4) is 5.75 Å². The van der Waals surface area contributed by atoms with Gasteiger partial charge in [-0.1, -0.05) is 17.7 Å². The first-order chi connectivity index (χ1) is 12.5. The second-order valence-electron chi connectivity index (χ2n) is 6.15. The van der Waals surface area contributed by atoms with E-state index >= 15 is 0 Å². The molecule has 0 bridgehead atoms. The van der Waals surface area contributed by atoms with E-state index < -0.39 is 0 Å². The molecule has 0 fully saturated rings. The van der Waals surface area contributed by atoms with Crippen LogP contribution < -0.4 is 20.3 Å². The van der Waals surface area contributed by atoms with Crippen LogP contribution >= 0.6 is 0 Å². The predicted molar refractivity (Wildman–Crippen MR) is 103 cm³/mol. The summed E-state index contributed by atoms with van der Waals surface area (Å²) in [6, 6.07) is 14.8. The van der Waals surface area contributed by atoms with E-state index in [0.29, 0.717) is 24.4 Å². The van der Waals surface area contributed by atoms with Gasteiger partial charge in [-0.2, -0.15) is 0 Å². The molecule has 0 heterocycles. The number of hydrogen-bond acceptors (Lipinski definition) is 4. The highest BCUT2D eigenvalue weighted by molar-refractivity contribution is 5.94. The average Bonchev–Trinajstić information content (AvgIpc) is 2.64. The molecule has 0 aliphatic carbocycles. The van der Waals surface area contributed by atoms with Crippen molar-refractivity contribution >= 4 is 17.5 Å². The monoisotopic (exact) mass is 355 g/mol. The molecule has 138 valence electrons. The van der Waals surface area contributed by atoms with Gasteiger partial charge in [0.15, 0.2) is 6.61 Å². The molecule has 2 amide bonds. The highest BCUT2D eigenvalue weighted by Gasteiger charge is 2.06. The lowest BCUT2D eigenvalue weighted by Crippen LogP contribution is -2.36. The summed E-state index contributed by atoms with van der Waals surface area (Å²) in [7, 11) is 3.89. The maximum Gasteiger partial charge on any atom is 0.258 e. The van der Waals surface area contributed by atoms with Crippen molar-refractivity contribution in [2.24, 2.45) is 0 Å². The van der Waals surface area contributed by atoms with E-state index in [-0.39, 0.29) is 18.4 Å². The van der Waals surface area contributed by atoms with Crippen molar-refractivity contribution in [2.45, 2.75) is 6.92 Å². The normalized spacial score (nSPS) is 10.1. The minimum absolute atomic E-state index is 0.0526. The Hall–Kier alpha value is -3.02. The van der Waals surface area contributed by atoms with Crippen LogP contribution in [-0.4, -0.2) is 45.6 Å². The highest BCUT2D eigenvalue weighted by atomic mass is 16.5. The molecular weight excluding hydrogens is 330 g/mol. The Bertz CT molecular complexity index is 725. The van der Waals surface area contributed by atoms with Gasteiger partial charge in [0.05, 0.1) is 0 Å². The fraction of sp³-hybridized carbons (Fsp3) is 0.300. The summed E-state index contributed by atoms with van der Waals surface area (Å²) < 4.78 is 5.40. The summed E-state index contributed by atoms with van der Waals surface area (Å²) >= 11 is 0. The molecule has 0 aromatic heterocycles. The maximum absolute atomic E-state index is 12.0. The van der Waals surface area contributed by atoms with E-state index in [1.807, 2.05) is 62.3 Å². The van der Waals surface area contributed by atoms with Gasteiger partial charge in [0, 0.05) is 38.4 Å². The van der Waals surface area contributed by atoms with Crippen LogP contribution in [0.5, 0.6) is 5.75 Å². The molecule has 2 aromatic rings. The van der Waals surface area contributed by atoms with Gasteiger partial charge >= 0.3 is 0 Å². The molecule has 0 atom stereocenters. The van der Waals surface area contributed by atoms with E-state index in [1.54, 1.807) is 12.1 Å². The number of benzene rings is 2. The number of nitrogens with zero attached hydrogens (tertiary/aromatic N) is 1. The zero-order valence-corrected chi connectivity index (χ0v) is 15.4. The minimum atomic E-state index is -0.227. The number of hydrogen-bond donors (Lipinski definition) is 2. The van der Waals surface area contributed by atoms with E-state index in [2.05, 4.69) is 10.6 Å². The second-order valence-corrected chi connectivity index (χ2v) is 6.15. The number of carbonyl (C=O) groups excluding carboxylic acids is 2. The van der Waals surface area contributed by atoms with Crippen molar-refractivity contribution in [1.82, 2.24) is 10.6 Å². The third kappa shape index (κ3) is 6.12. The van der Waals surface area contributed by atoms with Crippen molar-refractivity contribution in [3.63, 3.8) is 0 Å². The van der Waals surface area contributed by atoms with Crippen molar-refractivity contribution in [2.75, 3.05) is 38.7 Å². The Morgan fingerprint density at radius 1 is 0.923 bits per heavy atom. The molecule has 2 rings (SSSR count). The van der Waals surface area contributed by atoms with E-state index in [1.165, 1.54) is 0 Å². The summed E-state index contributed by atoms with van der Waals surface area (Å²) in [5.74, 6) is 0.260. The number of amides is 2. The molecular formula is C20H25N3O3. The van der Waals surface area contributed by atoms with Gasteiger partial charge in [-0.3, -0.25) is 9.59 Å². The second kappa shape index (κ2) is 9.46. The van der Waals surface area contributed by atoms with Crippen LogP contribution in [-0.2, 0) is 4.79 Å². The molecule has 0 aliphatic rings. The van der Waals surface area contributed by atoms with Crippen LogP contribution in [0, 0.1) is 6.92 Å². The van der Waals surface area contributed by atoms with Gasteiger partial charge in [0.25, 0.3) is 11.8 Å². The summed E-state index contributed by atoms with van der Waals surface area (Å²) in [4.78, 5) is 25.8. The molecule has 0 radical (unpaired) electrons. The largest absolute Gasteiger partial charge is 0.484 e. The number of nitrogens with one attached hydrogen (secondary N) is 2. The van der Waals surface area contributed by atoms with Crippen LogP contribution in [0.25, 0.3) is 0 Å². The fourth-order valence-electron chi connectivity index (χ4n) is 2.23. The summed E-state index contributed by atoms with van der Waals surface area (Å²) in [5.41, 5.74) is 2.75. The molecule has 26 heavy (non-hydrogen) atoms. The van der Waals surface area contributed by atoms with Gasteiger partial charge in [-0.05, 0) is 43.3 Å². The lowest BCUT2D eigenvalue weighted by atomic mass is 10.2. The molecule has 0 saturated carbocycles. The molecule has 0 unspecified atom stereocenters. The molecule has 6 heteroatoms. The quantitative estimate of drug-likeness (QED) is 0.711. The van der Waals surface area contributed by atoms with E-state index in [0.717, 1.165) is 11.3 Å². The Labute approximate surface area is 154 Å². The van der Waals surface area contributed by atoms with E-state index in [4.69, 9.17) is 4.74 Å². The van der Waals surface area contributed by atoms with Crippen LogP contribution in [0.1, 0.15) is 15.9 Å².